The average molecular weight is 540 g/mol. The second-order valence-electron chi connectivity index (χ2n) is 9.68. The van der Waals surface area contributed by atoms with Crippen molar-refractivity contribution in [3.63, 3.8) is 0 Å². The van der Waals surface area contributed by atoms with Crippen LogP contribution in [0.1, 0.15) is 5.56 Å². The Morgan fingerprint density at radius 1 is 0.829 bits per heavy atom. The molecule has 7 rings (SSSR count). The molecule has 0 aliphatic carbocycles. The van der Waals surface area contributed by atoms with Gasteiger partial charge in [-0.25, -0.2) is 9.37 Å². The number of rotatable bonds is 6. The number of pyridine rings is 3. The Labute approximate surface area is 233 Å². The lowest BCUT2D eigenvalue weighted by molar-refractivity contribution is -0.115. The summed E-state index contributed by atoms with van der Waals surface area (Å²) < 4.78 is 13.5. The molecular formula is C32H22FN7O. The van der Waals surface area contributed by atoms with E-state index in [9.17, 15) is 9.18 Å². The molecule has 198 valence electrons. The van der Waals surface area contributed by atoms with Gasteiger partial charge in [0.15, 0.2) is 5.65 Å². The minimum atomic E-state index is -0.293. The molecule has 0 fully saturated rings. The third-order valence-electron chi connectivity index (χ3n) is 6.91. The summed E-state index contributed by atoms with van der Waals surface area (Å²) >= 11 is 0. The van der Waals surface area contributed by atoms with E-state index in [0.717, 1.165) is 55.6 Å². The predicted octanol–water partition coefficient (Wildman–Crippen LogP) is 6.55. The molecule has 0 saturated heterocycles. The number of nitrogens with one attached hydrogen (secondary N) is 3. The number of anilines is 1. The Kier molecular flexibility index (Phi) is 6.01. The molecular weight excluding hydrogens is 517 g/mol. The minimum Gasteiger partial charge on any atom is -0.353 e. The van der Waals surface area contributed by atoms with Gasteiger partial charge in [-0.3, -0.25) is 19.9 Å². The Morgan fingerprint density at radius 3 is 2.51 bits per heavy atom. The van der Waals surface area contributed by atoms with Crippen LogP contribution in [-0.4, -0.2) is 36.0 Å². The van der Waals surface area contributed by atoms with Crippen LogP contribution in [0.25, 0.3) is 55.7 Å². The first-order valence-electron chi connectivity index (χ1n) is 13.0. The van der Waals surface area contributed by atoms with Crippen LogP contribution in [0.15, 0.2) is 104 Å². The van der Waals surface area contributed by atoms with Crippen LogP contribution in [0.4, 0.5) is 10.1 Å². The molecule has 0 saturated carbocycles. The fraction of sp³-hybridized carbons (Fsp3) is 0.0312. The largest absolute Gasteiger partial charge is 0.353 e. The van der Waals surface area contributed by atoms with Crippen LogP contribution in [-0.2, 0) is 11.2 Å². The summed E-state index contributed by atoms with van der Waals surface area (Å²) in [5.41, 5.74) is 7.81. The van der Waals surface area contributed by atoms with E-state index >= 15 is 0 Å². The molecule has 0 radical (unpaired) electrons. The fourth-order valence-electron chi connectivity index (χ4n) is 4.94. The van der Waals surface area contributed by atoms with E-state index in [-0.39, 0.29) is 18.1 Å². The maximum Gasteiger partial charge on any atom is 0.228 e. The Bertz CT molecular complexity index is 2030. The van der Waals surface area contributed by atoms with Crippen LogP contribution in [0.5, 0.6) is 0 Å². The van der Waals surface area contributed by atoms with E-state index in [1.807, 2.05) is 54.6 Å². The molecule has 1 amide bonds. The fourth-order valence-corrected chi connectivity index (χ4v) is 4.94. The van der Waals surface area contributed by atoms with Crippen molar-refractivity contribution in [3.8, 4) is 33.8 Å². The molecule has 0 unspecified atom stereocenters. The second kappa shape index (κ2) is 10.1. The van der Waals surface area contributed by atoms with Gasteiger partial charge >= 0.3 is 0 Å². The third kappa shape index (κ3) is 4.80. The lowest BCUT2D eigenvalue weighted by Crippen LogP contribution is -2.14. The van der Waals surface area contributed by atoms with Crippen molar-refractivity contribution in [1.29, 1.82) is 0 Å². The van der Waals surface area contributed by atoms with Gasteiger partial charge in [-0.15, -0.1) is 0 Å². The van der Waals surface area contributed by atoms with E-state index in [1.165, 1.54) is 12.1 Å². The van der Waals surface area contributed by atoms with E-state index < -0.39 is 0 Å². The van der Waals surface area contributed by atoms with Crippen LogP contribution < -0.4 is 5.32 Å². The molecule has 3 N–H and O–H groups in total. The van der Waals surface area contributed by atoms with Crippen LogP contribution in [0, 0.1) is 5.82 Å². The number of carbonyl (C=O) groups excluding carboxylic acids is 1. The monoisotopic (exact) mass is 539 g/mol. The first-order chi connectivity index (χ1) is 20.1. The highest BCUT2D eigenvalue weighted by Gasteiger charge is 2.16. The molecule has 0 bridgehead atoms. The summed E-state index contributed by atoms with van der Waals surface area (Å²) in [4.78, 5) is 29.5. The van der Waals surface area contributed by atoms with Gasteiger partial charge in [0.2, 0.25) is 5.91 Å². The molecule has 7 aromatic rings. The number of carbonyl (C=O) groups is 1. The third-order valence-corrected chi connectivity index (χ3v) is 6.91. The van der Waals surface area contributed by atoms with Crippen molar-refractivity contribution in [1.82, 2.24) is 30.1 Å². The number of hydrogen-bond acceptors (Lipinski definition) is 5. The summed E-state index contributed by atoms with van der Waals surface area (Å²) in [6, 6.07) is 23.7. The number of benzene rings is 2. The summed E-state index contributed by atoms with van der Waals surface area (Å²) in [6.07, 6.45) is 7.10. The SMILES string of the molecule is O=C(Cc1ccccc1)Nc1cncc(-c2cnc3n[nH]c(-c4cc5c(-c6ccc(F)cc6)nccc5[nH]4)c3c2)c1. The topological polar surface area (TPSA) is 112 Å². The first-order valence-corrected chi connectivity index (χ1v) is 13.0. The van der Waals surface area contributed by atoms with Gasteiger partial charge in [0.05, 0.1) is 35.4 Å². The summed E-state index contributed by atoms with van der Waals surface area (Å²) in [5.74, 6) is -0.410. The highest BCUT2D eigenvalue weighted by atomic mass is 19.1. The quantitative estimate of drug-likeness (QED) is 0.222. The normalized spacial score (nSPS) is 11.2. The standard InChI is InChI=1S/C32H22FN7O/c33-23-8-6-20(7-9-23)30-25-15-28(38-27(25)10-11-35-30)31-26-14-22(17-36-32(26)40-39-31)21-13-24(18-34-16-21)37-29(41)12-19-4-2-1-3-5-19/h1-11,13-18,38H,12H2,(H,37,41)(H,36,39,40). The number of aromatic amines is 2. The number of hydrogen-bond donors (Lipinski definition) is 3. The molecule has 0 spiro atoms. The molecule has 9 heteroatoms. The van der Waals surface area contributed by atoms with Gasteiger partial charge in [0.1, 0.15) is 5.82 Å². The van der Waals surface area contributed by atoms with Gasteiger partial charge in [-0.05, 0) is 54.1 Å². The molecule has 8 nitrogen and oxygen atoms in total. The highest BCUT2D eigenvalue weighted by Crippen LogP contribution is 2.34. The van der Waals surface area contributed by atoms with Crippen molar-refractivity contribution in [2.24, 2.45) is 0 Å². The van der Waals surface area contributed by atoms with Gasteiger partial charge in [0, 0.05) is 51.6 Å². The molecule has 5 aromatic heterocycles. The van der Waals surface area contributed by atoms with E-state index in [4.69, 9.17) is 0 Å². The van der Waals surface area contributed by atoms with Crippen LogP contribution in [0.3, 0.4) is 0 Å². The van der Waals surface area contributed by atoms with Crippen molar-refractivity contribution in [3.05, 3.63) is 115 Å². The number of halogens is 1. The number of nitrogens with zero attached hydrogens (tertiary/aromatic N) is 4. The van der Waals surface area contributed by atoms with E-state index in [0.29, 0.717) is 11.3 Å². The maximum absolute atomic E-state index is 13.5. The number of amides is 1. The zero-order chi connectivity index (χ0) is 27.8. The minimum absolute atomic E-state index is 0.117. The zero-order valence-corrected chi connectivity index (χ0v) is 21.6. The van der Waals surface area contributed by atoms with Crippen molar-refractivity contribution < 1.29 is 9.18 Å². The van der Waals surface area contributed by atoms with Gasteiger partial charge < -0.3 is 10.3 Å². The van der Waals surface area contributed by atoms with Crippen molar-refractivity contribution >= 4 is 33.5 Å². The summed E-state index contributed by atoms with van der Waals surface area (Å²) in [7, 11) is 0. The molecule has 2 aromatic carbocycles. The van der Waals surface area contributed by atoms with Crippen molar-refractivity contribution in [2.75, 3.05) is 5.32 Å². The molecule has 0 atom stereocenters. The summed E-state index contributed by atoms with van der Waals surface area (Å²) in [6.45, 7) is 0. The van der Waals surface area contributed by atoms with Gasteiger partial charge in [-0.2, -0.15) is 5.10 Å². The first kappa shape index (κ1) is 24.3. The number of fused-ring (bicyclic) bond motifs is 2. The zero-order valence-electron chi connectivity index (χ0n) is 21.6. The Hall–Kier alpha value is -5.70. The lowest BCUT2D eigenvalue weighted by Gasteiger charge is -2.07. The second-order valence-corrected chi connectivity index (χ2v) is 9.68. The molecule has 5 heterocycles. The maximum atomic E-state index is 13.5. The van der Waals surface area contributed by atoms with E-state index in [1.54, 1.807) is 36.9 Å². The smallest absolute Gasteiger partial charge is 0.228 e. The number of H-pyrrole nitrogens is 2. The molecule has 0 aliphatic rings. The van der Waals surface area contributed by atoms with Gasteiger partial charge in [-0.1, -0.05) is 30.3 Å². The lowest BCUT2D eigenvalue weighted by atomic mass is 10.1. The van der Waals surface area contributed by atoms with Crippen molar-refractivity contribution in [2.45, 2.75) is 6.42 Å². The molecule has 0 aliphatic heterocycles. The predicted molar refractivity (Wildman–Crippen MR) is 156 cm³/mol. The summed E-state index contributed by atoms with van der Waals surface area (Å²) in [5, 5.41) is 12.2. The van der Waals surface area contributed by atoms with Crippen LogP contribution in [0.2, 0.25) is 0 Å². The van der Waals surface area contributed by atoms with Crippen LogP contribution >= 0.6 is 0 Å². The van der Waals surface area contributed by atoms with E-state index in [2.05, 4.69) is 35.5 Å². The highest BCUT2D eigenvalue weighted by molar-refractivity contribution is 6.00. The Morgan fingerprint density at radius 2 is 1.66 bits per heavy atom. The van der Waals surface area contributed by atoms with Gasteiger partial charge in [0.25, 0.3) is 0 Å². The Balaban J connectivity index is 1.21. The number of aromatic nitrogens is 6. The average Bonchev–Trinajstić information content (AvgIpc) is 3.62. The molecule has 41 heavy (non-hydrogen) atoms.